The van der Waals surface area contributed by atoms with Crippen LogP contribution in [0.1, 0.15) is 18.9 Å². The molecule has 1 aromatic rings. The zero-order chi connectivity index (χ0) is 14.3. The summed E-state index contributed by atoms with van der Waals surface area (Å²) < 4.78 is 0. The lowest BCUT2D eigenvalue weighted by molar-refractivity contribution is -0.137. The number of hydrogen-bond acceptors (Lipinski definition) is 3. The molecular formula is C13H15N3O3. The lowest BCUT2D eigenvalue weighted by atomic mass is 10.1. The van der Waals surface area contributed by atoms with E-state index in [0.717, 1.165) is 0 Å². The number of anilines is 1. The highest BCUT2D eigenvalue weighted by atomic mass is 16.4. The number of nitrogens with zero attached hydrogens (tertiary/aromatic N) is 1. The van der Waals surface area contributed by atoms with Crippen molar-refractivity contribution < 1.29 is 14.7 Å². The molecule has 0 aromatic heterocycles. The minimum Gasteiger partial charge on any atom is -0.481 e. The molecule has 0 saturated heterocycles. The van der Waals surface area contributed by atoms with Gasteiger partial charge in [0.1, 0.15) is 6.07 Å². The summed E-state index contributed by atoms with van der Waals surface area (Å²) in [6.07, 6.45) is -0.00490. The Bertz CT molecular complexity index is 508. The Morgan fingerprint density at radius 3 is 2.74 bits per heavy atom. The molecule has 3 N–H and O–H groups in total. The normalized spacial score (nSPS) is 11.2. The van der Waals surface area contributed by atoms with Crippen LogP contribution in [0.2, 0.25) is 0 Å². The van der Waals surface area contributed by atoms with Crippen molar-refractivity contribution in [3.63, 3.8) is 0 Å². The van der Waals surface area contributed by atoms with Crippen LogP contribution in [0.3, 0.4) is 0 Å². The number of nitrogens with one attached hydrogen (secondary N) is 2. The standard InChI is InChI=1S/C13H15N3O3/c1-9(6-12(17)18)8-15-13(19)16-11-5-3-2-4-10(11)7-14/h2-5,9H,6,8H2,1H3,(H,17,18)(H2,15,16,19). The number of amides is 2. The van der Waals surface area contributed by atoms with Gasteiger partial charge in [0.05, 0.1) is 11.3 Å². The van der Waals surface area contributed by atoms with Crippen LogP contribution in [0.5, 0.6) is 0 Å². The van der Waals surface area contributed by atoms with Crippen LogP contribution in [0.25, 0.3) is 0 Å². The van der Waals surface area contributed by atoms with Gasteiger partial charge in [-0.2, -0.15) is 5.26 Å². The van der Waals surface area contributed by atoms with Crippen LogP contribution in [-0.2, 0) is 4.79 Å². The quantitative estimate of drug-likeness (QED) is 0.751. The lowest BCUT2D eigenvalue weighted by Gasteiger charge is -2.12. The molecule has 1 atom stereocenters. The molecule has 0 aliphatic rings. The average Bonchev–Trinajstić information content (AvgIpc) is 2.36. The number of benzene rings is 1. The van der Waals surface area contributed by atoms with Gasteiger partial charge in [0.15, 0.2) is 0 Å². The molecule has 6 nitrogen and oxygen atoms in total. The van der Waals surface area contributed by atoms with E-state index >= 15 is 0 Å². The molecule has 1 aromatic carbocycles. The Balaban J connectivity index is 2.48. The van der Waals surface area contributed by atoms with Crippen LogP contribution < -0.4 is 10.6 Å². The van der Waals surface area contributed by atoms with Crippen LogP contribution >= 0.6 is 0 Å². The predicted molar refractivity (Wildman–Crippen MR) is 69.6 cm³/mol. The van der Waals surface area contributed by atoms with Crippen molar-refractivity contribution in [2.45, 2.75) is 13.3 Å². The molecule has 0 spiro atoms. The Labute approximate surface area is 111 Å². The predicted octanol–water partition coefficient (Wildman–Crippen LogP) is 1.79. The minimum absolute atomic E-state index is 0.00490. The number of rotatable bonds is 5. The molecule has 1 unspecified atom stereocenters. The number of aliphatic carboxylic acids is 1. The third-order valence-electron chi connectivity index (χ3n) is 2.43. The topological polar surface area (TPSA) is 102 Å². The third-order valence-corrected chi connectivity index (χ3v) is 2.43. The number of carboxylic acids is 1. The van der Waals surface area contributed by atoms with E-state index in [4.69, 9.17) is 10.4 Å². The van der Waals surface area contributed by atoms with Crippen LogP contribution in [0, 0.1) is 17.2 Å². The third kappa shape index (κ3) is 5.08. The minimum atomic E-state index is -0.899. The summed E-state index contributed by atoms with van der Waals surface area (Å²) in [6, 6.07) is 8.15. The van der Waals surface area contributed by atoms with E-state index in [1.54, 1.807) is 31.2 Å². The summed E-state index contributed by atoms with van der Waals surface area (Å²) in [7, 11) is 0. The van der Waals surface area contributed by atoms with E-state index in [1.165, 1.54) is 0 Å². The maximum Gasteiger partial charge on any atom is 0.319 e. The van der Waals surface area contributed by atoms with Crippen molar-refractivity contribution in [1.82, 2.24) is 5.32 Å². The second kappa shape index (κ2) is 7.01. The highest BCUT2D eigenvalue weighted by molar-refractivity contribution is 5.90. The van der Waals surface area contributed by atoms with Crippen LogP contribution in [0.15, 0.2) is 24.3 Å². The van der Waals surface area contributed by atoms with Gasteiger partial charge in [-0.15, -0.1) is 0 Å². The fraction of sp³-hybridized carbons (Fsp3) is 0.308. The Morgan fingerprint density at radius 2 is 2.11 bits per heavy atom. The molecular weight excluding hydrogens is 246 g/mol. The summed E-state index contributed by atoms with van der Waals surface area (Å²) >= 11 is 0. The zero-order valence-electron chi connectivity index (χ0n) is 10.5. The van der Waals surface area contributed by atoms with E-state index in [2.05, 4.69) is 10.6 Å². The van der Waals surface area contributed by atoms with Gasteiger partial charge in [-0.25, -0.2) is 4.79 Å². The maximum atomic E-state index is 11.6. The summed E-state index contributed by atoms with van der Waals surface area (Å²) in [5.74, 6) is -1.06. The zero-order valence-corrected chi connectivity index (χ0v) is 10.5. The highest BCUT2D eigenvalue weighted by Crippen LogP contribution is 2.13. The number of carbonyl (C=O) groups is 2. The monoisotopic (exact) mass is 261 g/mol. The smallest absolute Gasteiger partial charge is 0.319 e. The van der Waals surface area contributed by atoms with Crippen molar-refractivity contribution in [3.8, 4) is 6.07 Å². The van der Waals surface area contributed by atoms with E-state index < -0.39 is 12.0 Å². The van der Waals surface area contributed by atoms with Gasteiger partial charge < -0.3 is 15.7 Å². The van der Waals surface area contributed by atoms with Crippen molar-refractivity contribution in [2.75, 3.05) is 11.9 Å². The first kappa shape index (κ1) is 14.5. The number of para-hydroxylation sites is 1. The fourth-order valence-corrected chi connectivity index (χ4v) is 1.49. The van der Waals surface area contributed by atoms with Crippen LogP contribution in [0.4, 0.5) is 10.5 Å². The Morgan fingerprint density at radius 1 is 1.42 bits per heavy atom. The van der Waals surface area contributed by atoms with Gasteiger partial charge >= 0.3 is 12.0 Å². The summed E-state index contributed by atoms with van der Waals surface area (Å²) in [5, 5.41) is 22.6. The molecule has 2 amide bonds. The van der Waals surface area contributed by atoms with Gasteiger partial charge in [-0.1, -0.05) is 19.1 Å². The van der Waals surface area contributed by atoms with E-state index in [-0.39, 0.29) is 18.9 Å². The highest BCUT2D eigenvalue weighted by Gasteiger charge is 2.10. The molecule has 0 aliphatic carbocycles. The second-order valence-corrected chi connectivity index (χ2v) is 4.20. The summed E-state index contributed by atoms with van der Waals surface area (Å²) in [6.45, 7) is 1.99. The molecule has 6 heteroatoms. The van der Waals surface area contributed by atoms with Crippen molar-refractivity contribution in [2.24, 2.45) is 5.92 Å². The van der Waals surface area contributed by atoms with Gasteiger partial charge in [-0.05, 0) is 18.1 Å². The molecule has 100 valence electrons. The van der Waals surface area contributed by atoms with E-state index in [9.17, 15) is 9.59 Å². The lowest BCUT2D eigenvalue weighted by Crippen LogP contribution is -2.33. The number of carbonyl (C=O) groups excluding carboxylic acids is 1. The molecule has 0 radical (unpaired) electrons. The average molecular weight is 261 g/mol. The van der Waals surface area contributed by atoms with Crippen molar-refractivity contribution in [3.05, 3.63) is 29.8 Å². The molecule has 0 bridgehead atoms. The van der Waals surface area contributed by atoms with Gasteiger partial charge in [0.2, 0.25) is 0 Å². The first-order valence-electron chi connectivity index (χ1n) is 5.78. The number of urea groups is 1. The number of carboxylic acid groups (broad SMARTS) is 1. The first-order valence-corrected chi connectivity index (χ1v) is 5.78. The molecule has 19 heavy (non-hydrogen) atoms. The largest absolute Gasteiger partial charge is 0.481 e. The first-order chi connectivity index (χ1) is 9.02. The van der Waals surface area contributed by atoms with Gasteiger partial charge in [0, 0.05) is 13.0 Å². The number of nitriles is 1. The summed E-state index contributed by atoms with van der Waals surface area (Å²) in [5.41, 5.74) is 0.796. The SMILES string of the molecule is CC(CNC(=O)Nc1ccccc1C#N)CC(=O)O. The van der Waals surface area contributed by atoms with Gasteiger partial charge in [0.25, 0.3) is 0 Å². The Kier molecular flexibility index (Phi) is 5.35. The second-order valence-electron chi connectivity index (χ2n) is 4.20. The van der Waals surface area contributed by atoms with E-state index in [0.29, 0.717) is 11.3 Å². The Hall–Kier alpha value is -2.55. The molecule has 0 aliphatic heterocycles. The summed E-state index contributed by atoms with van der Waals surface area (Å²) in [4.78, 5) is 22.1. The maximum absolute atomic E-state index is 11.6. The van der Waals surface area contributed by atoms with Gasteiger partial charge in [-0.3, -0.25) is 4.79 Å². The van der Waals surface area contributed by atoms with E-state index in [1.807, 2.05) is 6.07 Å². The van der Waals surface area contributed by atoms with Crippen LogP contribution in [-0.4, -0.2) is 23.7 Å². The fourth-order valence-electron chi connectivity index (χ4n) is 1.49. The molecule has 1 rings (SSSR count). The van der Waals surface area contributed by atoms with Crippen molar-refractivity contribution in [1.29, 1.82) is 5.26 Å². The van der Waals surface area contributed by atoms with Crippen molar-refractivity contribution >= 4 is 17.7 Å². The molecule has 0 fully saturated rings. The number of hydrogen-bond donors (Lipinski definition) is 3. The molecule has 0 heterocycles. The molecule has 0 saturated carbocycles.